The Morgan fingerprint density at radius 1 is 0.865 bits per heavy atom. The standard InChI is InChI=1S/C29H37BrClNO5/c1-3-4-5-6-7-8-9-10-11-12-20-37-27(34)23-14-13-15-24(21-23)32-28(35)29(30,31)26(33)22-16-18-25(36-2)19-17-22/h13-19,21H,3-12,20H2,1-2H3,(H,32,35). The summed E-state index contributed by atoms with van der Waals surface area (Å²) in [6, 6.07) is 12.6. The molecule has 8 heteroatoms. The number of hydrogen-bond donors (Lipinski definition) is 1. The Bertz CT molecular complexity index is 1010. The third-order valence-electron chi connectivity index (χ3n) is 6.01. The zero-order valence-corrected chi connectivity index (χ0v) is 24.0. The van der Waals surface area contributed by atoms with Gasteiger partial charge in [-0.15, -0.1) is 0 Å². The number of ketones is 1. The number of esters is 1. The van der Waals surface area contributed by atoms with Gasteiger partial charge in [-0.3, -0.25) is 9.59 Å². The molecule has 0 aliphatic carbocycles. The number of rotatable bonds is 17. The molecule has 1 amide bonds. The summed E-state index contributed by atoms with van der Waals surface area (Å²) >= 11 is 9.34. The molecule has 0 fully saturated rings. The Hall–Kier alpha value is -2.38. The van der Waals surface area contributed by atoms with Crippen LogP contribution in [0.5, 0.6) is 5.75 Å². The second-order valence-electron chi connectivity index (χ2n) is 8.98. The number of alkyl halides is 2. The lowest BCUT2D eigenvalue weighted by Gasteiger charge is -2.18. The lowest BCUT2D eigenvalue weighted by atomic mass is 10.1. The first kappa shape index (κ1) is 30.8. The van der Waals surface area contributed by atoms with Crippen LogP contribution in [0, 0.1) is 0 Å². The SMILES string of the molecule is CCCCCCCCCCCCOC(=O)c1cccc(NC(=O)C(Cl)(Br)C(=O)c2ccc(OC)cc2)c1. The zero-order valence-electron chi connectivity index (χ0n) is 21.7. The Kier molecular flexibility index (Phi) is 13.7. The molecule has 1 unspecified atom stereocenters. The first-order chi connectivity index (χ1) is 17.8. The highest BCUT2D eigenvalue weighted by molar-refractivity contribution is 9.11. The van der Waals surface area contributed by atoms with Crippen molar-refractivity contribution in [1.29, 1.82) is 0 Å². The molecule has 2 aromatic carbocycles. The van der Waals surface area contributed by atoms with E-state index in [9.17, 15) is 14.4 Å². The van der Waals surface area contributed by atoms with Crippen molar-refractivity contribution >= 4 is 50.9 Å². The predicted octanol–water partition coefficient (Wildman–Crippen LogP) is 7.92. The van der Waals surface area contributed by atoms with Gasteiger partial charge < -0.3 is 14.8 Å². The van der Waals surface area contributed by atoms with Gasteiger partial charge >= 0.3 is 5.97 Å². The van der Waals surface area contributed by atoms with Crippen LogP contribution in [0.3, 0.4) is 0 Å². The van der Waals surface area contributed by atoms with Gasteiger partial charge in [-0.2, -0.15) is 0 Å². The van der Waals surface area contributed by atoms with E-state index in [1.165, 1.54) is 70.3 Å². The van der Waals surface area contributed by atoms with E-state index in [4.69, 9.17) is 21.1 Å². The summed E-state index contributed by atoms with van der Waals surface area (Å²) in [4.78, 5) is 38.0. The monoisotopic (exact) mass is 593 g/mol. The maximum Gasteiger partial charge on any atom is 0.338 e. The lowest BCUT2D eigenvalue weighted by molar-refractivity contribution is -0.115. The van der Waals surface area contributed by atoms with Crippen LogP contribution in [-0.2, 0) is 9.53 Å². The van der Waals surface area contributed by atoms with Crippen molar-refractivity contribution in [2.45, 2.75) is 74.9 Å². The Morgan fingerprint density at radius 2 is 1.46 bits per heavy atom. The number of carbonyl (C=O) groups is 3. The number of benzene rings is 2. The quantitative estimate of drug-likeness (QED) is 0.0661. The average Bonchev–Trinajstić information content (AvgIpc) is 2.91. The number of hydrogen-bond acceptors (Lipinski definition) is 5. The highest BCUT2D eigenvalue weighted by Crippen LogP contribution is 2.31. The molecule has 1 N–H and O–H groups in total. The summed E-state index contributed by atoms with van der Waals surface area (Å²) in [5, 5.41) is 2.59. The van der Waals surface area contributed by atoms with Crippen LogP contribution in [0.1, 0.15) is 91.8 Å². The molecular formula is C29H37BrClNO5. The van der Waals surface area contributed by atoms with Crippen molar-refractivity contribution in [2.24, 2.45) is 0 Å². The van der Waals surface area contributed by atoms with Gasteiger partial charge in [0.05, 0.1) is 19.3 Å². The molecule has 1 atom stereocenters. The van der Waals surface area contributed by atoms with Gasteiger partial charge in [-0.05, 0) is 64.8 Å². The fraction of sp³-hybridized carbons (Fsp3) is 0.483. The van der Waals surface area contributed by atoms with Crippen molar-refractivity contribution in [1.82, 2.24) is 0 Å². The third-order valence-corrected chi connectivity index (χ3v) is 7.07. The van der Waals surface area contributed by atoms with E-state index < -0.39 is 21.4 Å². The molecule has 0 bridgehead atoms. The minimum absolute atomic E-state index is 0.243. The minimum Gasteiger partial charge on any atom is -0.497 e. The molecule has 2 rings (SSSR count). The maximum atomic E-state index is 12.8. The number of ether oxygens (including phenoxy) is 2. The van der Waals surface area contributed by atoms with Crippen molar-refractivity contribution < 1.29 is 23.9 Å². The van der Waals surface area contributed by atoms with E-state index in [-0.39, 0.29) is 5.56 Å². The summed E-state index contributed by atoms with van der Waals surface area (Å²) in [6.07, 6.45) is 12.1. The number of amides is 1. The highest BCUT2D eigenvalue weighted by Gasteiger charge is 2.42. The molecule has 0 aromatic heterocycles. The number of carbonyl (C=O) groups excluding carboxylic acids is 3. The molecule has 0 saturated carbocycles. The molecule has 0 aliphatic rings. The van der Waals surface area contributed by atoms with Crippen LogP contribution in [-0.4, -0.2) is 35.2 Å². The second-order valence-corrected chi connectivity index (χ2v) is 11.2. The molecule has 0 aliphatic heterocycles. The number of unbranched alkanes of at least 4 members (excludes halogenated alkanes) is 9. The van der Waals surface area contributed by atoms with Gasteiger partial charge in [0.2, 0.25) is 9.57 Å². The highest BCUT2D eigenvalue weighted by atomic mass is 79.9. The molecule has 0 saturated heterocycles. The predicted molar refractivity (Wildman–Crippen MR) is 152 cm³/mol. The number of methoxy groups -OCH3 is 1. The molecule has 0 heterocycles. The maximum absolute atomic E-state index is 12.8. The number of nitrogens with one attached hydrogen (secondary N) is 1. The van der Waals surface area contributed by atoms with Gasteiger partial charge in [0.15, 0.2) is 0 Å². The minimum atomic E-state index is -2.02. The Morgan fingerprint density at radius 3 is 2.05 bits per heavy atom. The molecule has 37 heavy (non-hydrogen) atoms. The van der Waals surface area contributed by atoms with Crippen molar-refractivity contribution in [3.05, 3.63) is 59.7 Å². The van der Waals surface area contributed by atoms with Gasteiger partial charge in [0, 0.05) is 11.3 Å². The van der Waals surface area contributed by atoms with E-state index in [0.717, 1.165) is 19.3 Å². The van der Waals surface area contributed by atoms with E-state index in [1.54, 1.807) is 30.3 Å². The normalized spacial score (nSPS) is 12.4. The van der Waals surface area contributed by atoms with Crippen LogP contribution in [0.25, 0.3) is 0 Å². The topological polar surface area (TPSA) is 81.7 Å². The second kappa shape index (κ2) is 16.5. The van der Waals surface area contributed by atoms with Gasteiger partial charge in [-0.1, -0.05) is 82.4 Å². The smallest absolute Gasteiger partial charge is 0.338 e. The fourth-order valence-corrected chi connectivity index (χ4v) is 4.28. The fourth-order valence-electron chi connectivity index (χ4n) is 3.80. The van der Waals surface area contributed by atoms with Crippen molar-refractivity contribution in [3.63, 3.8) is 0 Å². The van der Waals surface area contributed by atoms with Crippen LogP contribution in [0.2, 0.25) is 0 Å². The molecule has 202 valence electrons. The van der Waals surface area contributed by atoms with E-state index >= 15 is 0 Å². The number of anilines is 1. The zero-order chi connectivity index (χ0) is 27.1. The van der Waals surface area contributed by atoms with Gasteiger partial charge in [-0.25, -0.2) is 4.79 Å². The Labute approximate surface area is 233 Å². The van der Waals surface area contributed by atoms with E-state index in [0.29, 0.717) is 23.6 Å². The largest absolute Gasteiger partial charge is 0.497 e. The number of Topliss-reactive ketones (excluding diaryl/α,β-unsaturated/α-hetero) is 1. The summed E-state index contributed by atoms with van der Waals surface area (Å²) in [6.45, 7) is 2.58. The van der Waals surface area contributed by atoms with Crippen molar-refractivity contribution in [2.75, 3.05) is 19.0 Å². The summed E-state index contributed by atoms with van der Waals surface area (Å²) in [5.74, 6) is -1.28. The molecular weight excluding hydrogens is 558 g/mol. The summed E-state index contributed by atoms with van der Waals surface area (Å²) in [7, 11) is 1.52. The van der Waals surface area contributed by atoms with Crippen LogP contribution in [0.4, 0.5) is 5.69 Å². The van der Waals surface area contributed by atoms with E-state index in [1.807, 2.05) is 0 Å². The Balaban J connectivity index is 1.78. The van der Waals surface area contributed by atoms with Crippen LogP contribution >= 0.6 is 27.5 Å². The van der Waals surface area contributed by atoms with Gasteiger partial charge in [0.25, 0.3) is 5.91 Å². The van der Waals surface area contributed by atoms with Crippen LogP contribution in [0.15, 0.2) is 48.5 Å². The molecule has 2 aromatic rings. The third kappa shape index (κ3) is 10.5. The summed E-state index contributed by atoms with van der Waals surface area (Å²) < 4.78 is 8.45. The number of halogens is 2. The molecule has 0 radical (unpaired) electrons. The van der Waals surface area contributed by atoms with Crippen molar-refractivity contribution in [3.8, 4) is 5.75 Å². The first-order valence-electron chi connectivity index (χ1n) is 12.9. The molecule has 0 spiro atoms. The lowest BCUT2D eigenvalue weighted by Crippen LogP contribution is -2.39. The first-order valence-corrected chi connectivity index (χ1v) is 14.1. The van der Waals surface area contributed by atoms with E-state index in [2.05, 4.69) is 28.2 Å². The molecule has 6 nitrogen and oxygen atoms in total. The van der Waals surface area contributed by atoms with Crippen LogP contribution < -0.4 is 10.1 Å². The summed E-state index contributed by atoms with van der Waals surface area (Å²) in [5.41, 5.74) is 0.874. The van der Waals surface area contributed by atoms with Gasteiger partial charge in [0.1, 0.15) is 5.75 Å². The average molecular weight is 595 g/mol.